The Morgan fingerprint density at radius 3 is 3.00 bits per heavy atom. The molecule has 1 atom stereocenters. The highest BCUT2D eigenvalue weighted by Gasteiger charge is 2.07. The molecule has 1 amide bonds. The van der Waals surface area contributed by atoms with Crippen molar-refractivity contribution in [1.82, 2.24) is 10.3 Å². The number of rotatable bonds is 3. The molecular weight excluding hydrogens is 152 g/mol. The number of aromatic nitrogens is 1. The van der Waals surface area contributed by atoms with E-state index in [0.29, 0.717) is 5.56 Å². The van der Waals surface area contributed by atoms with Crippen LogP contribution in [-0.4, -0.2) is 16.9 Å². The third-order valence-electron chi connectivity index (χ3n) is 1.85. The molecule has 0 bridgehead atoms. The number of carbonyl (C=O) groups excluding carboxylic acids is 1. The van der Waals surface area contributed by atoms with Gasteiger partial charge >= 0.3 is 0 Å². The number of amides is 1. The van der Waals surface area contributed by atoms with Crippen molar-refractivity contribution in [3.8, 4) is 0 Å². The molecule has 1 unspecified atom stereocenters. The van der Waals surface area contributed by atoms with Crippen LogP contribution in [0.3, 0.4) is 0 Å². The number of hydrogen-bond donors (Lipinski definition) is 2. The molecule has 3 heteroatoms. The Labute approximate surface area is 72.2 Å². The van der Waals surface area contributed by atoms with Crippen LogP contribution in [0.5, 0.6) is 0 Å². The molecule has 0 aliphatic carbocycles. The Morgan fingerprint density at radius 1 is 1.75 bits per heavy atom. The zero-order chi connectivity index (χ0) is 8.97. The maximum Gasteiger partial charge on any atom is 0.253 e. The summed E-state index contributed by atoms with van der Waals surface area (Å²) >= 11 is 0. The van der Waals surface area contributed by atoms with Gasteiger partial charge in [-0.3, -0.25) is 4.79 Å². The summed E-state index contributed by atoms with van der Waals surface area (Å²) in [5.74, 6) is -0.00870. The van der Waals surface area contributed by atoms with Gasteiger partial charge in [0.2, 0.25) is 0 Å². The molecule has 0 fully saturated rings. The Hall–Kier alpha value is -1.25. The van der Waals surface area contributed by atoms with Crippen molar-refractivity contribution < 1.29 is 4.79 Å². The fourth-order valence-electron chi connectivity index (χ4n) is 0.874. The van der Waals surface area contributed by atoms with Gasteiger partial charge in [-0.15, -0.1) is 0 Å². The van der Waals surface area contributed by atoms with Crippen LogP contribution in [0.15, 0.2) is 18.5 Å². The van der Waals surface area contributed by atoms with Crippen LogP contribution in [0, 0.1) is 0 Å². The van der Waals surface area contributed by atoms with Crippen molar-refractivity contribution in [1.29, 1.82) is 0 Å². The highest BCUT2D eigenvalue weighted by Crippen LogP contribution is 1.97. The first-order valence-electron chi connectivity index (χ1n) is 4.17. The van der Waals surface area contributed by atoms with E-state index in [1.807, 2.05) is 13.8 Å². The topological polar surface area (TPSA) is 44.9 Å². The van der Waals surface area contributed by atoms with E-state index in [1.54, 1.807) is 18.5 Å². The Bertz CT molecular complexity index is 241. The molecule has 0 aliphatic rings. The standard InChI is InChI=1S/C9H14N2O/c1-3-7(2)11-9(12)8-4-5-10-6-8/h4-7,10H,3H2,1-2H3,(H,11,12). The maximum atomic E-state index is 11.3. The van der Waals surface area contributed by atoms with Crippen LogP contribution in [0.2, 0.25) is 0 Å². The lowest BCUT2D eigenvalue weighted by Gasteiger charge is -2.09. The van der Waals surface area contributed by atoms with Gasteiger partial charge in [-0.05, 0) is 19.4 Å². The minimum absolute atomic E-state index is 0.00870. The van der Waals surface area contributed by atoms with E-state index < -0.39 is 0 Å². The fraction of sp³-hybridized carbons (Fsp3) is 0.444. The first-order chi connectivity index (χ1) is 5.74. The lowest BCUT2D eigenvalue weighted by atomic mass is 10.2. The van der Waals surface area contributed by atoms with Gasteiger partial charge in [0.1, 0.15) is 0 Å². The van der Waals surface area contributed by atoms with Crippen LogP contribution in [0.4, 0.5) is 0 Å². The van der Waals surface area contributed by atoms with Crippen molar-refractivity contribution in [3.05, 3.63) is 24.0 Å². The highest BCUT2D eigenvalue weighted by atomic mass is 16.1. The highest BCUT2D eigenvalue weighted by molar-refractivity contribution is 5.94. The minimum atomic E-state index is -0.00870. The summed E-state index contributed by atoms with van der Waals surface area (Å²) in [6.07, 6.45) is 4.39. The van der Waals surface area contributed by atoms with Crippen molar-refractivity contribution in [3.63, 3.8) is 0 Å². The van der Waals surface area contributed by atoms with E-state index in [2.05, 4.69) is 10.3 Å². The Morgan fingerprint density at radius 2 is 2.50 bits per heavy atom. The molecule has 66 valence electrons. The lowest BCUT2D eigenvalue weighted by Crippen LogP contribution is -2.31. The van der Waals surface area contributed by atoms with Crippen molar-refractivity contribution >= 4 is 5.91 Å². The van der Waals surface area contributed by atoms with Crippen LogP contribution >= 0.6 is 0 Å². The van der Waals surface area contributed by atoms with E-state index in [1.165, 1.54) is 0 Å². The lowest BCUT2D eigenvalue weighted by molar-refractivity contribution is 0.0939. The molecule has 0 aliphatic heterocycles. The van der Waals surface area contributed by atoms with Crippen LogP contribution in [0.1, 0.15) is 30.6 Å². The summed E-state index contributed by atoms with van der Waals surface area (Å²) in [6.45, 7) is 4.03. The van der Waals surface area contributed by atoms with Crippen molar-refractivity contribution in [2.24, 2.45) is 0 Å². The van der Waals surface area contributed by atoms with E-state index in [0.717, 1.165) is 6.42 Å². The molecule has 0 aromatic carbocycles. The molecule has 2 N–H and O–H groups in total. The van der Waals surface area contributed by atoms with Crippen molar-refractivity contribution in [2.45, 2.75) is 26.3 Å². The van der Waals surface area contributed by atoms with Gasteiger partial charge in [0, 0.05) is 18.4 Å². The summed E-state index contributed by atoms with van der Waals surface area (Å²) in [7, 11) is 0. The summed E-state index contributed by atoms with van der Waals surface area (Å²) in [5, 5.41) is 2.87. The third-order valence-corrected chi connectivity index (χ3v) is 1.85. The van der Waals surface area contributed by atoms with E-state index in [4.69, 9.17) is 0 Å². The normalized spacial score (nSPS) is 12.5. The molecule has 0 spiro atoms. The van der Waals surface area contributed by atoms with Crippen LogP contribution in [-0.2, 0) is 0 Å². The van der Waals surface area contributed by atoms with Crippen LogP contribution < -0.4 is 5.32 Å². The first kappa shape index (κ1) is 8.84. The summed E-state index contributed by atoms with van der Waals surface area (Å²) < 4.78 is 0. The Kier molecular flexibility index (Phi) is 2.91. The molecule has 3 nitrogen and oxygen atoms in total. The fourth-order valence-corrected chi connectivity index (χ4v) is 0.874. The molecule has 1 aromatic rings. The van der Waals surface area contributed by atoms with Crippen LogP contribution in [0.25, 0.3) is 0 Å². The zero-order valence-electron chi connectivity index (χ0n) is 7.42. The van der Waals surface area contributed by atoms with E-state index >= 15 is 0 Å². The number of aromatic amines is 1. The number of carbonyl (C=O) groups is 1. The van der Waals surface area contributed by atoms with Gasteiger partial charge in [-0.1, -0.05) is 6.92 Å². The Balaban J connectivity index is 2.50. The number of H-pyrrole nitrogens is 1. The number of hydrogen-bond acceptors (Lipinski definition) is 1. The molecule has 1 rings (SSSR count). The average molecular weight is 166 g/mol. The predicted molar refractivity (Wildman–Crippen MR) is 48.0 cm³/mol. The summed E-state index contributed by atoms with van der Waals surface area (Å²) in [5.41, 5.74) is 0.690. The second-order valence-corrected chi connectivity index (χ2v) is 2.88. The molecule has 0 radical (unpaired) electrons. The largest absolute Gasteiger partial charge is 0.367 e. The molecule has 1 aromatic heterocycles. The molecule has 0 saturated carbocycles. The van der Waals surface area contributed by atoms with Gasteiger partial charge in [0.15, 0.2) is 0 Å². The molecule has 1 heterocycles. The summed E-state index contributed by atoms with van der Waals surface area (Å²) in [4.78, 5) is 14.2. The summed E-state index contributed by atoms with van der Waals surface area (Å²) in [6, 6.07) is 2.00. The third kappa shape index (κ3) is 2.12. The molecule has 12 heavy (non-hydrogen) atoms. The average Bonchev–Trinajstić information content (AvgIpc) is 2.56. The van der Waals surface area contributed by atoms with E-state index in [9.17, 15) is 4.79 Å². The second-order valence-electron chi connectivity index (χ2n) is 2.88. The number of nitrogens with one attached hydrogen (secondary N) is 2. The second kappa shape index (κ2) is 3.95. The molecule has 0 saturated heterocycles. The predicted octanol–water partition coefficient (Wildman–Crippen LogP) is 1.54. The zero-order valence-corrected chi connectivity index (χ0v) is 7.42. The van der Waals surface area contributed by atoms with Gasteiger partial charge in [0.05, 0.1) is 5.56 Å². The van der Waals surface area contributed by atoms with Gasteiger partial charge in [0.25, 0.3) is 5.91 Å². The monoisotopic (exact) mass is 166 g/mol. The van der Waals surface area contributed by atoms with Gasteiger partial charge in [-0.25, -0.2) is 0 Å². The smallest absolute Gasteiger partial charge is 0.253 e. The maximum absolute atomic E-state index is 11.3. The van der Waals surface area contributed by atoms with Gasteiger partial charge < -0.3 is 10.3 Å². The minimum Gasteiger partial charge on any atom is -0.367 e. The van der Waals surface area contributed by atoms with Gasteiger partial charge in [-0.2, -0.15) is 0 Å². The SMILES string of the molecule is CCC(C)NC(=O)c1cc[nH]c1. The van der Waals surface area contributed by atoms with Crippen molar-refractivity contribution in [2.75, 3.05) is 0 Å². The molecular formula is C9H14N2O. The first-order valence-corrected chi connectivity index (χ1v) is 4.17. The quantitative estimate of drug-likeness (QED) is 0.703. The van der Waals surface area contributed by atoms with E-state index in [-0.39, 0.29) is 11.9 Å².